The second kappa shape index (κ2) is 3.38. The standard InChI is InChI=1S/C8H8INO2/c9-10-6-2-1-3-7-8(6)12-5-4-11-7/h1-3,10H,4-5H2. The molecule has 3 nitrogen and oxygen atoms in total. The van der Waals surface area contributed by atoms with Gasteiger partial charge in [-0.25, -0.2) is 0 Å². The Morgan fingerprint density at radius 2 is 2.08 bits per heavy atom. The first kappa shape index (κ1) is 7.97. The molecule has 0 fully saturated rings. The zero-order chi connectivity index (χ0) is 8.39. The van der Waals surface area contributed by atoms with Crippen LogP contribution in [-0.4, -0.2) is 13.2 Å². The fourth-order valence-corrected chi connectivity index (χ4v) is 1.57. The minimum Gasteiger partial charge on any atom is -0.486 e. The van der Waals surface area contributed by atoms with Gasteiger partial charge >= 0.3 is 0 Å². The van der Waals surface area contributed by atoms with Gasteiger partial charge in [0.25, 0.3) is 0 Å². The second-order valence-corrected chi connectivity index (χ2v) is 2.96. The number of halogens is 1. The van der Waals surface area contributed by atoms with Gasteiger partial charge in [0.15, 0.2) is 11.5 Å². The highest BCUT2D eigenvalue weighted by atomic mass is 127. The van der Waals surface area contributed by atoms with Crippen molar-refractivity contribution in [1.82, 2.24) is 0 Å². The average Bonchev–Trinajstić information content (AvgIpc) is 2.17. The Hall–Kier alpha value is -0.650. The van der Waals surface area contributed by atoms with Crippen molar-refractivity contribution >= 4 is 28.6 Å². The Kier molecular flexibility index (Phi) is 2.25. The fraction of sp³-hybridized carbons (Fsp3) is 0.250. The quantitative estimate of drug-likeness (QED) is 0.630. The predicted octanol–water partition coefficient (Wildman–Crippen LogP) is 2.22. The van der Waals surface area contributed by atoms with Crippen LogP contribution in [0.15, 0.2) is 18.2 Å². The second-order valence-electron chi connectivity index (χ2n) is 2.42. The molecule has 0 amide bonds. The number of rotatable bonds is 1. The van der Waals surface area contributed by atoms with Crippen LogP contribution in [0.4, 0.5) is 5.69 Å². The van der Waals surface area contributed by atoms with Gasteiger partial charge in [-0.15, -0.1) is 0 Å². The van der Waals surface area contributed by atoms with Crippen molar-refractivity contribution in [2.45, 2.75) is 0 Å². The van der Waals surface area contributed by atoms with Gasteiger partial charge in [0.2, 0.25) is 0 Å². The van der Waals surface area contributed by atoms with Gasteiger partial charge in [-0.1, -0.05) is 6.07 Å². The van der Waals surface area contributed by atoms with Crippen LogP contribution in [0.1, 0.15) is 0 Å². The first-order chi connectivity index (χ1) is 5.92. The molecule has 1 heterocycles. The van der Waals surface area contributed by atoms with Crippen molar-refractivity contribution in [2.24, 2.45) is 0 Å². The molecule has 0 aliphatic carbocycles. The first-order valence-electron chi connectivity index (χ1n) is 3.67. The van der Waals surface area contributed by atoms with E-state index in [1.54, 1.807) is 0 Å². The van der Waals surface area contributed by atoms with E-state index in [2.05, 4.69) is 26.4 Å². The van der Waals surface area contributed by atoms with E-state index >= 15 is 0 Å². The molecule has 1 N–H and O–H groups in total. The van der Waals surface area contributed by atoms with Crippen molar-refractivity contribution < 1.29 is 9.47 Å². The Bertz CT molecular complexity index is 276. The molecule has 0 spiro atoms. The van der Waals surface area contributed by atoms with Gasteiger partial charge < -0.3 is 13.0 Å². The number of ether oxygens (including phenoxy) is 2. The lowest BCUT2D eigenvalue weighted by atomic mass is 10.2. The minimum absolute atomic E-state index is 0.627. The Morgan fingerprint density at radius 3 is 2.92 bits per heavy atom. The molecule has 1 aliphatic rings. The van der Waals surface area contributed by atoms with Crippen LogP contribution >= 0.6 is 22.9 Å². The van der Waals surface area contributed by atoms with Crippen LogP contribution in [0, 0.1) is 0 Å². The van der Waals surface area contributed by atoms with Gasteiger partial charge in [-0.2, -0.15) is 0 Å². The number of nitrogens with one attached hydrogen (secondary N) is 1. The van der Waals surface area contributed by atoms with Crippen molar-refractivity contribution in [2.75, 3.05) is 16.7 Å². The third kappa shape index (κ3) is 1.31. The molecule has 0 unspecified atom stereocenters. The summed E-state index contributed by atoms with van der Waals surface area (Å²) in [5, 5.41) is 0. The SMILES string of the molecule is INc1cccc2c1OCCO2. The monoisotopic (exact) mass is 277 g/mol. The van der Waals surface area contributed by atoms with Crippen molar-refractivity contribution in [1.29, 1.82) is 0 Å². The summed E-state index contributed by atoms with van der Waals surface area (Å²) in [5.41, 5.74) is 0.966. The predicted molar refractivity (Wildman–Crippen MR) is 55.1 cm³/mol. The molecule has 64 valence electrons. The molecule has 0 atom stereocenters. The Balaban J connectivity index is 2.44. The van der Waals surface area contributed by atoms with Crippen molar-refractivity contribution in [3.8, 4) is 11.5 Å². The van der Waals surface area contributed by atoms with Crippen LogP contribution in [0.3, 0.4) is 0 Å². The summed E-state index contributed by atoms with van der Waals surface area (Å²) in [4.78, 5) is 0. The number of anilines is 1. The third-order valence-corrected chi connectivity index (χ3v) is 2.25. The van der Waals surface area contributed by atoms with E-state index in [4.69, 9.17) is 9.47 Å². The number of para-hydroxylation sites is 1. The molecule has 1 aromatic rings. The summed E-state index contributed by atoms with van der Waals surface area (Å²) in [6.07, 6.45) is 0. The third-order valence-electron chi connectivity index (χ3n) is 1.67. The van der Waals surface area contributed by atoms with Crippen LogP contribution < -0.4 is 13.0 Å². The number of benzene rings is 1. The van der Waals surface area contributed by atoms with Gasteiger partial charge in [0.1, 0.15) is 13.2 Å². The highest BCUT2D eigenvalue weighted by Gasteiger charge is 2.14. The van der Waals surface area contributed by atoms with E-state index in [9.17, 15) is 0 Å². The lowest BCUT2D eigenvalue weighted by Crippen LogP contribution is -2.15. The Morgan fingerprint density at radius 1 is 1.25 bits per heavy atom. The zero-order valence-corrected chi connectivity index (χ0v) is 8.50. The maximum absolute atomic E-state index is 5.45. The summed E-state index contributed by atoms with van der Waals surface area (Å²) < 4.78 is 13.9. The van der Waals surface area contributed by atoms with E-state index in [1.807, 2.05) is 18.2 Å². The maximum atomic E-state index is 5.45. The Labute approximate surface area is 84.6 Å². The normalized spacial score (nSPS) is 14.1. The average molecular weight is 277 g/mol. The van der Waals surface area contributed by atoms with Crippen LogP contribution in [-0.2, 0) is 0 Å². The molecule has 1 aliphatic heterocycles. The van der Waals surface area contributed by atoms with Crippen LogP contribution in [0.5, 0.6) is 11.5 Å². The van der Waals surface area contributed by atoms with Gasteiger partial charge in [0, 0.05) is 0 Å². The molecular formula is C8H8INO2. The van der Waals surface area contributed by atoms with Crippen LogP contribution in [0.25, 0.3) is 0 Å². The molecule has 4 heteroatoms. The molecule has 0 bridgehead atoms. The number of hydrogen-bond acceptors (Lipinski definition) is 3. The molecule has 0 saturated heterocycles. The van der Waals surface area contributed by atoms with E-state index in [0.29, 0.717) is 13.2 Å². The largest absolute Gasteiger partial charge is 0.486 e. The highest BCUT2D eigenvalue weighted by molar-refractivity contribution is 14.1. The maximum Gasteiger partial charge on any atom is 0.185 e. The minimum atomic E-state index is 0.627. The van der Waals surface area contributed by atoms with Crippen LogP contribution in [0.2, 0.25) is 0 Å². The van der Waals surface area contributed by atoms with Crippen molar-refractivity contribution in [3.63, 3.8) is 0 Å². The zero-order valence-electron chi connectivity index (χ0n) is 6.34. The first-order valence-corrected chi connectivity index (χ1v) is 4.75. The number of hydrogen-bond donors (Lipinski definition) is 1. The fourth-order valence-electron chi connectivity index (χ4n) is 1.15. The van der Waals surface area contributed by atoms with Gasteiger partial charge in [-0.3, -0.25) is 0 Å². The molecule has 12 heavy (non-hydrogen) atoms. The summed E-state index contributed by atoms with van der Waals surface area (Å²) in [6.45, 7) is 1.26. The smallest absolute Gasteiger partial charge is 0.185 e. The molecule has 0 saturated carbocycles. The van der Waals surface area contributed by atoms with E-state index in [0.717, 1.165) is 17.2 Å². The molecule has 2 rings (SSSR count). The summed E-state index contributed by atoms with van der Waals surface area (Å²) >= 11 is 2.07. The molecule has 0 radical (unpaired) electrons. The lowest BCUT2D eigenvalue weighted by Gasteiger charge is -2.19. The van der Waals surface area contributed by atoms with E-state index in [-0.39, 0.29) is 0 Å². The van der Waals surface area contributed by atoms with Gasteiger partial charge in [0.05, 0.1) is 28.6 Å². The summed E-state index contributed by atoms with van der Waals surface area (Å²) in [6, 6.07) is 5.81. The highest BCUT2D eigenvalue weighted by Crippen LogP contribution is 2.37. The van der Waals surface area contributed by atoms with E-state index in [1.165, 1.54) is 0 Å². The molecular weight excluding hydrogens is 269 g/mol. The van der Waals surface area contributed by atoms with E-state index < -0.39 is 0 Å². The van der Waals surface area contributed by atoms with Crippen molar-refractivity contribution in [3.05, 3.63) is 18.2 Å². The molecule has 0 aromatic heterocycles. The summed E-state index contributed by atoms with van der Waals surface area (Å²) in [7, 11) is 0. The molecule has 1 aromatic carbocycles. The lowest BCUT2D eigenvalue weighted by molar-refractivity contribution is 0.172. The summed E-state index contributed by atoms with van der Waals surface area (Å²) in [5.74, 6) is 1.64. The number of fused-ring (bicyclic) bond motifs is 1. The topological polar surface area (TPSA) is 30.5 Å². The van der Waals surface area contributed by atoms with Gasteiger partial charge in [-0.05, 0) is 12.1 Å².